The Bertz CT molecular complexity index is 667. The van der Waals surface area contributed by atoms with E-state index in [1.807, 2.05) is 6.07 Å². The Morgan fingerprint density at radius 2 is 2.13 bits per heavy atom. The quantitative estimate of drug-likeness (QED) is 0.622. The molecule has 0 atom stereocenters. The highest BCUT2D eigenvalue weighted by Crippen LogP contribution is 2.23. The fraction of sp³-hybridized carbons (Fsp3) is 0.400. The van der Waals surface area contributed by atoms with Gasteiger partial charge in [-0.05, 0) is 18.2 Å². The molecule has 0 radical (unpaired) electrons. The van der Waals surface area contributed by atoms with Crippen LogP contribution in [-0.4, -0.2) is 60.4 Å². The summed E-state index contributed by atoms with van der Waals surface area (Å²) in [7, 11) is 2.19. The number of anilines is 1. The van der Waals surface area contributed by atoms with E-state index in [4.69, 9.17) is 11.6 Å². The van der Waals surface area contributed by atoms with Gasteiger partial charge in [-0.15, -0.1) is 0 Å². The molecule has 1 saturated heterocycles. The summed E-state index contributed by atoms with van der Waals surface area (Å²) in [5.41, 5.74) is 1.39. The molecule has 0 unspecified atom stereocenters. The molecule has 8 heteroatoms. The summed E-state index contributed by atoms with van der Waals surface area (Å²) in [5, 5.41) is 7.64. The maximum Gasteiger partial charge on any atom is 0.279 e. The number of rotatable bonds is 4. The van der Waals surface area contributed by atoms with Crippen molar-refractivity contribution in [1.82, 2.24) is 14.8 Å². The van der Waals surface area contributed by atoms with Crippen LogP contribution in [0.3, 0.4) is 0 Å². The number of halogens is 1. The molecule has 0 aliphatic carbocycles. The third kappa shape index (κ3) is 4.07. The van der Waals surface area contributed by atoms with Crippen molar-refractivity contribution in [3.63, 3.8) is 0 Å². The van der Waals surface area contributed by atoms with Crippen LogP contribution in [0.15, 0.2) is 30.9 Å². The van der Waals surface area contributed by atoms with Crippen molar-refractivity contribution in [3.8, 4) is 5.69 Å². The maximum atomic E-state index is 12.4. The van der Waals surface area contributed by atoms with Crippen molar-refractivity contribution in [2.24, 2.45) is 0 Å². The number of hydrogen-bond donors (Lipinski definition) is 3. The van der Waals surface area contributed by atoms with Gasteiger partial charge in [0.15, 0.2) is 6.54 Å². The summed E-state index contributed by atoms with van der Waals surface area (Å²) in [4.78, 5) is 19.2. The van der Waals surface area contributed by atoms with Gasteiger partial charge in [0.1, 0.15) is 38.8 Å². The maximum absolute atomic E-state index is 12.4. The van der Waals surface area contributed by atoms with Gasteiger partial charge < -0.3 is 15.1 Å². The van der Waals surface area contributed by atoms with Crippen LogP contribution in [0.4, 0.5) is 5.69 Å². The molecule has 3 rings (SSSR count). The van der Waals surface area contributed by atoms with E-state index in [1.165, 1.54) is 16.1 Å². The van der Waals surface area contributed by atoms with Crippen LogP contribution >= 0.6 is 11.6 Å². The van der Waals surface area contributed by atoms with Crippen LogP contribution in [0.2, 0.25) is 5.02 Å². The Balaban J connectivity index is 1.69. The number of nitrogens with zero attached hydrogens (tertiary/aromatic N) is 3. The van der Waals surface area contributed by atoms with Crippen molar-refractivity contribution in [2.75, 3.05) is 45.1 Å². The molecule has 23 heavy (non-hydrogen) atoms. The van der Waals surface area contributed by atoms with E-state index in [0.717, 1.165) is 31.9 Å². The molecule has 0 spiro atoms. The highest BCUT2D eigenvalue weighted by molar-refractivity contribution is 6.31. The number of aromatic nitrogens is 3. The van der Waals surface area contributed by atoms with Gasteiger partial charge in [0.2, 0.25) is 0 Å². The Labute approximate surface area is 139 Å². The lowest BCUT2D eigenvalue weighted by molar-refractivity contribution is -0.999. The summed E-state index contributed by atoms with van der Waals surface area (Å²) in [6.07, 6.45) is 3.05. The second kappa shape index (κ2) is 7.08. The van der Waals surface area contributed by atoms with E-state index < -0.39 is 0 Å². The second-order valence-electron chi connectivity index (χ2n) is 5.93. The Kier molecular flexibility index (Phi) is 4.90. The summed E-state index contributed by atoms with van der Waals surface area (Å²) >= 11 is 6.07. The zero-order valence-electron chi connectivity index (χ0n) is 13.1. The Hall–Kier alpha value is -1.96. The Morgan fingerprint density at radius 1 is 1.35 bits per heavy atom. The van der Waals surface area contributed by atoms with Gasteiger partial charge in [0.05, 0.1) is 18.4 Å². The lowest BCUT2D eigenvalue weighted by Gasteiger charge is -2.26. The molecule has 0 bridgehead atoms. The lowest BCUT2D eigenvalue weighted by Crippen LogP contribution is -3.27. The molecular formula is C15H21ClN6O+2. The normalized spacial score (nSPS) is 21.1. The Morgan fingerprint density at radius 3 is 2.83 bits per heavy atom. The van der Waals surface area contributed by atoms with Gasteiger partial charge in [-0.3, -0.25) is 4.79 Å². The number of nitrogens with one attached hydrogen (secondary N) is 3. The largest absolute Gasteiger partial charge is 0.328 e. The van der Waals surface area contributed by atoms with Crippen LogP contribution in [0.1, 0.15) is 0 Å². The first-order valence-corrected chi connectivity index (χ1v) is 8.09. The number of benzene rings is 1. The third-order valence-electron chi connectivity index (χ3n) is 4.12. The van der Waals surface area contributed by atoms with Gasteiger partial charge in [0, 0.05) is 5.02 Å². The SMILES string of the molecule is C[NH+]1CC[NH+](CC(=O)Nc2cc(Cl)ccc2-n2cncn2)CC1. The highest BCUT2D eigenvalue weighted by atomic mass is 35.5. The fourth-order valence-corrected chi connectivity index (χ4v) is 2.94. The molecule has 122 valence electrons. The number of carbonyl (C=O) groups is 1. The van der Waals surface area contributed by atoms with Crippen LogP contribution in [0.25, 0.3) is 5.69 Å². The molecule has 1 aliphatic rings. The monoisotopic (exact) mass is 336 g/mol. The lowest BCUT2D eigenvalue weighted by atomic mass is 10.2. The van der Waals surface area contributed by atoms with Gasteiger partial charge in [-0.25, -0.2) is 9.67 Å². The molecule has 3 N–H and O–H groups in total. The van der Waals surface area contributed by atoms with Crippen molar-refractivity contribution in [1.29, 1.82) is 0 Å². The minimum absolute atomic E-state index is 0.0109. The predicted molar refractivity (Wildman–Crippen MR) is 87.2 cm³/mol. The molecule has 0 saturated carbocycles. The first-order valence-electron chi connectivity index (χ1n) is 7.71. The summed E-state index contributed by atoms with van der Waals surface area (Å²) in [6, 6.07) is 5.32. The molecule has 1 aliphatic heterocycles. The molecule has 2 heterocycles. The molecular weight excluding hydrogens is 316 g/mol. The van der Waals surface area contributed by atoms with Crippen LogP contribution < -0.4 is 15.1 Å². The smallest absolute Gasteiger partial charge is 0.279 e. The van der Waals surface area contributed by atoms with Gasteiger partial charge in [0.25, 0.3) is 5.91 Å². The molecule has 1 amide bonds. The standard InChI is InChI=1S/C15H19ClN6O/c1-20-4-6-21(7-5-20)9-15(23)19-13-8-12(16)2-3-14(13)22-11-17-10-18-22/h2-3,8,10-11H,4-7,9H2,1H3,(H,19,23)/p+2. The zero-order chi connectivity index (χ0) is 16.2. The first kappa shape index (κ1) is 15.9. The number of amides is 1. The van der Waals surface area contributed by atoms with Crippen molar-refractivity contribution in [2.45, 2.75) is 0 Å². The topological polar surface area (TPSA) is 68.7 Å². The first-order chi connectivity index (χ1) is 11.1. The number of piperazine rings is 1. The van der Waals surface area contributed by atoms with Gasteiger partial charge in [-0.1, -0.05) is 11.6 Å². The zero-order valence-corrected chi connectivity index (χ0v) is 13.8. The minimum atomic E-state index is -0.0109. The van der Waals surface area contributed by atoms with Gasteiger partial charge >= 0.3 is 0 Å². The number of quaternary nitrogens is 2. The van der Waals surface area contributed by atoms with Crippen LogP contribution in [-0.2, 0) is 4.79 Å². The summed E-state index contributed by atoms with van der Waals surface area (Å²) in [6.45, 7) is 4.71. The fourth-order valence-electron chi connectivity index (χ4n) is 2.77. The summed E-state index contributed by atoms with van der Waals surface area (Å²) < 4.78 is 1.61. The van der Waals surface area contributed by atoms with Crippen LogP contribution in [0.5, 0.6) is 0 Å². The van der Waals surface area contributed by atoms with Crippen LogP contribution in [0, 0.1) is 0 Å². The highest BCUT2D eigenvalue weighted by Gasteiger charge is 2.22. The minimum Gasteiger partial charge on any atom is -0.328 e. The molecule has 7 nitrogen and oxygen atoms in total. The van der Waals surface area contributed by atoms with Crippen molar-refractivity contribution < 1.29 is 14.6 Å². The van der Waals surface area contributed by atoms with Gasteiger partial charge in [-0.2, -0.15) is 5.10 Å². The van der Waals surface area contributed by atoms with E-state index in [-0.39, 0.29) is 5.91 Å². The van der Waals surface area contributed by atoms with Crippen molar-refractivity contribution in [3.05, 3.63) is 35.9 Å². The molecule has 1 aromatic heterocycles. The van der Waals surface area contributed by atoms with E-state index in [1.54, 1.807) is 23.1 Å². The number of likely N-dealkylation sites (N-methyl/N-ethyl adjacent to an activating group) is 1. The third-order valence-corrected chi connectivity index (χ3v) is 4.35. The average molecular weight is 337 g/mol. The molecule has 2 aromatic rings. The predicted octanol–water partition coefficient (Wildman–Crippen LogP) is -1.73. The number of carbonyl (C=O) groups excluding carboxylic acids is 1. The summed E-state index contributed by atoms with van der Waals surface area (Å²) in [5.74, 6) is -0.0109. The molecule has 1 aromatic carbocycles. The van der Waals surface area contributed by atoms with E-state index in [9.17, 15) is 4.79 Å². The van der Waals surface area contributed by atoms with E-state index >= 15 is 0 Å². The van der Waals surface area contributed by atoms with E-state index in [0.29, 0.717) is 17.3 Å². The second-order valence-corrected chi connectivity index (χ2v) is 6.37. The average Bonchev–Trinajstić information content (AvgIpc) is 3.04. The molecule has 1 fully saturated rings. The van der Waals surface area contributed by atoms with E-state index in [2.05, 4.69) is 22.4 Å². The van der Waals surface area contributed by atoms with Crippen molar-refractivity contribution >= 4 is 23.2 Å². The number of hydrogen-bond acceptors (Lipinski definition) is 3.